The van der Waals surface area contributed by atoms with Crippen molar-refractivity contribution >= 4 is 35.1 Å². The number of halogens is 1. The van der Waals surface area contributed by atoms with Gasteiger partial charge in [-0.3, -0.25) is 14.4 Å². The molecule has 3 rings (SSSR count). The van der Waals surface area contributed by atoms with Crippen molar-refractivity contribution in [3.63, 3.8) is 0 Å². The van der Waals surface area contributed by atoms with Crippen LogP contribution in [0.2, 0.25) is 5.02 Å². The van der Waals surface area contributed by atoms with Crippen molar-refractivity contribution < 1.29 is 19.1 Å². The molecule has 0 aliphatic heterocycles. The van der Waals surface area contributed by atoms with Gasteiger partial charge in [0, 0.05) is 29.7 Å². The third kappa shape index (κ3) is 6.97. The Morgan fingerprint density at radius 2 is 1.65 bits per heavy atom. The molecule has 0 atom stereocenters. The van der Waals surface area contributed by atoms with Gasteiger partial charge in [-0.2, -0.15) is 0 Å². The highest BCUT2D eigenvalue weighted by molar-refractivity contribution is 6.30. The van der Waals surface area contributed by atoms with Crippen molar-refractivity contribution in [1.29, 1.82) is 0 Å². The van der Waals surface area contributed by atoms with Gasteiger partial charge in [-0.25, -0.2) is 0 Å². The Morgan fingerprint density at radius 1 is 0.903 bits per heavy atom. The molecule has 0 aliphatic carbocycles. The van der Waals surface area contributed by atoms with Crippen molar-refractivity contribution in [1.82, 2.24) is 5.32 Å². The molecular formula is C24H21ClN2O4. The molecule has 7 heteroatoms. The van der Waals surface area contributed by atoms with Crippen molar-refractivity contribution in [2.24, 2.45) is 0 Å². The predicted octanol–water partition coefficient (Wildman–Crippen LogP) is 4.38. The number of rotatable bonds is 7. The molecule has 31 heavy (non-hydrogen) atoms. The normalized spacial score (nSPS) is 10.3. The second kappa shape index (κ2) is 10.4. The Hall–Kier alpha value is -3.64. The van der Waals surface area contributed by atoms with E-state index in [1.807, 2.05) is 18.2 Å². The van der Waals surface area contributed by atoms with Crippen molar-refractivity contribution in [2.75, 3.05) is 5.32 Å². The lowest BCUT2D eigenvalue weighted by Crippen LogP contribution is -2.22. The van der Waals surface area contributed by atoms with E-state index in [4.69, 9.17) is 16.3 Å². The summed E-state index contributed by atoms with van der Waals surface area (Å²) in [6, 6.07) is 20.8. The van der Waals surface area contributed by atoms with E-state index in [-0.39, 0.29) is 18.2 Å². The third-order valence-corrected chi connectivity index (χ3v) is 4.54. The lowest BCUT2D eigenvalue weighted by atomic mass is 10.1. The van der Waals surface area contributed by atoms with Crippen LogP contribution in [0.1, 0.15) is 28.4 Å². The quantitative estimate of drug-likeness (QED) is 0.425. The molecule has 0 aromatic heterocycles. The molecule has 2 amide bonds. The van der Waals surface area contributed by atoms with Gasteiger partial charge < -0.3 is 15.4 Å². The fourth-order valence-corrected chi connectivity index (χ4v) is 3.11. The van der Waals surface area contributed by atoms with Crippen LogP contribution < -0.4 is 15.4 Å². The molecule has 3 aromatic rings. The van der Waals surface area contributed by atoms with Crippen molar-refractivity contribution in [3.8, 4) is 5.75 Å². The Labute approximate surface area is 185 Å². The fraction of sp³-hybridized carbons (Fsp3) is 0.125. The highest BCUT2D eigenvalue weighted by Gasteiger charge is 2.08. The molecule has 0 radical (unpaired) electrons. The molecule has 0 spiro atoms. The minimum Gasteiger partial charge on any atom is -0.427 e. The van der Waals surface area contributed by atoms with E-state index < -0.39 is 5.97 Å². The van der Waals surface area contributed by atoms with E-state index in [0.717, 1.165) is 11.1 Å². The average molecular weight is 437 g/mol. The van der Waals surface area contributed by atoms with Crippen LogP contribution in [-0.4, -0.2) is 17.8 Å². The molecule has 6 nitrogen and oxygen atoms in total. The summed E-state index contributed by atoms with van der Waals surface area (Å²) >= 11 is 5.94. The Kier molecular flexibility index (Phi) is 7.40. The second-order valence-electron chi connectivity index (χ2n) is 6.86. The first-order valence-corrected chi connectivity index (χ1v) is 9.97. The number of amides is 2. The maximum atomic E-state index is 12.3. The molecule has 0 unspecified atom stereocenters. The molecule has 0 bridgehead atoms. The zero-order chi connectivity index (χ0) is 22.2. The van der Waals surface area contributed by atoms with E-state index in [1.165, 1.54) is 13.0 Å². The van der Waals surface area contributed by atoms with Gasteiger partial charge in [-0.1, -0.05) is 41.9 Å². The molecule has 0 aliphatic rings. The molecular weight excluding hydrogens is 416 g/mol. The Bertz CT molecular complexity index is 1100. The summed E-state index contributed by atoms with van der Waals surface area (Å²) in [6.07, 6.45) is 0.227. The summed E-state index contributed by atoms with van der Waals surface area (Å²) in [5.41, 5.74) is 2.76. The fourth-order valence-electron chi connectivity index (χ4n) is 2.89. The highest BCUT2D eigenvalue weighted by Crippen LogP contribution is 2.15. The van der Waals surface area contributed by atoms with Crippen LogP contribution in [0.15, 0.2) is 72.8 Å². The van der Waals surface area contributed by atoms with Crippen LogP contribution in [0, 0.1) is 0 Å². The number of hydrogen-bond acceptors (Lipinski definition) is 4. The number of ether oxygens (including phenoxy) is 1. The van der Waals surface area contributed by atoms with E-state index in [9.17, 15) is 14.4 Å². The van der Waals surface area contributed by atoms with Crippen LogP contribution in [0.25, 0.3) is 0 Å². The number of carbonyl (C=O) groups excluding carboxylic acids is 3. The lowest BCUT2D eigenvalue weighted by molar-refractivity contribution is -0.131. The summed E-state index contributed by atoms with van der Waals surface area (Å²) in [7, 11) is 0. The first kappa shape index (κ1) is 22.1. The SMILES string of the molecule is CC(=O)Oc1cccc(C(=O)NCc2ccc(NC(=O)Cc3cccc(Cl)c3)cc2)c1. The third-order valence-electron chi connectivity index (χ3n) is 4.30. The summed E-state index contributed by atoms with van der Waals surface area (Å²) in [4.78, 5) is 35.6. The molecule has 3 aromatic carbocycles. The van der Waals surface area contributed by atoms with Crippen molar-refractivity contribution in [3.05, 3.63) is 94.5 Å². The van der Waals surface area contributed by atoms with E-state index in [1.54, 1.807) is 48.5 Å². The minimum absolute atomic E-state index is 0.143. The summed E-state index contributed by atoms with van der Waals surface area (Å²) < 4.78 is 5.00. The number of benzene rings is 3. The molecule has 0 saturated heterocycles. The zero-order valence-electron chi connectivity index (χ0n) is 16.9. The Balaban J connectivity index is 1.51. The first-order valence-electron chi connectivity index (χ1n) is 9.59. The number of carbonyl (C=O) groups is 3. The summed E-state index contributed by atoms with van der Waals surface area (Å²) in [5.74, 6) is -0.556. The van der Waals surface area contributed by atoms with Gasteiger partial charge in [0.2, 0.25) is 5.91 Å². The van der Waals surface area contributed by atoms with E-state index >= 15 is 0 Å². The number of anilines is 1. The molecule has 0 saturated carbocycles. The smallest absolute Gasteiger partial charge is 0.308 e. The van der Waals surface area contributed by atoms with Crippen LogP contribution >= 0.6 is 11.6 Å². The summed E-state index contributed by atoms with van der Waals surface area (Å²) in [6.45, 7) is 1.61. The standard InChI is InChI=1S/C24H21ClN2O4/c1-16(28)31-22-7-3-5-19(14-22)24(30)26-15-17-8-10-21(11-9-17)27-23(29)13-18-4-2-6-20(25)12-18/h2-12,14H,13,15H2,1H3,(H,26,30)(H,27,29). The average Bonchev–Trinajstić information content (AvgIpc) is 2.72. The van der Waals surface area contributed by atoms with Gasteiger partial charge in [0.25, 0.3) is 5.91 Å². The highest BCUT2D eigenvalue weighted by atomic mass is 35.5. The molecule has 2 N–H and O–H groups in total. The van der Waals surface area contributed by atoms with Gasteiger partial charge in [-0.15, -0.1) is 0 Å². The number of esters is 1. The largest absolute Gasteiger partial charge is 0.427 e. The minimum atomic E-state index is -0.447. The number of hydrogen-bond donors (Lipinski definition) is 2. The number of nitrogens with one attached hydrogen (secondary N) is 2. The second-order valence-corrected chi connectivity index (χ2v) is 7.29. The van der Waals surface area contributed by atoms with Gasteiger partial charge >= 0.3 is 5.97 Å². The monoisotopic (exact) mass is 436 g/mol. The zero-order valence-corrected chi connectivity index (χ0v) is 17.6. The predicted molar refractivity (Wildman–Crippen MR) is 119 cm³/mol. The van der Waals surface area contributed by atoms with Crippen LogP contribution in [0.4, 0.5) is 5.69 Å². The van der Waals surface area contributed by atoms with E-state index in [2.05, 4.69) is 10.6 Å². The van der Waals surface area contributed by atoms with E-state index in [0.29, 0.717) is 28.6 Å². The molecule has 0 fully saturated rings. The molecule has 0 heterocycles. The van der Waals surface area contributed by atoms with Crippen LogP contribution in [-0.2, 0) is 22.6 Å². The van der Waals surface area contributed by atoms with Crippen molar-refractivity contribution in [2.45, 2.75) is 19.9 Å². The van der Waals surface area contributed by atoms with Gasteiger partial charge in [-0.05, 0) is 53.6 Å². The summed E-state index contributed by atoms with van der Waals surface area (Å²) in [5, 5.41) is 6.25. The van der Waals surface area contributed by atoms with Crippen LogP contribution in [0.5, 0.6) is 5.75 Å². The van der Waals surface area contributed by atoms with Gasteiger partial charge in [0.1, 0.15) is 5.75 Å². The topological polar surface area (TPSA) is 84.5 Å². The maximum absolute atomic E-state index is 12.3. The Morgan fingerprint density at radius 3 is 2.35 bits per heavy atom. The van der Waals surface area contributed by atoms with Gasteiger partial charge in [0.15, 0.2) is 0 Å². The maximum Gasteiger partial charge on any atom is 0.308 e. The first-order chi connectivity index (χ1) is 14.9. The molecule has 158 valence electrons. The lowest BCUT2D eigenvalue weighted by Gasteiger charge is -2.09. The van der Waals surface area contributed by atoms with Gasteiger partial charge in [0.05, 0.1) is 6.42 Å². The van der Waals surface area contributed by atoms with Crippen LogP contribution in [0.3, 0.4) is 0 Å².